The van der Waals surface area contributed by atoms with Crippen LogP contribution in [-0.4, -0.2) is 18.3 Å². The molecule has 3 nitrogen and oxygen atoms in total. The lowest BCUT2D eigenvalue weighted by molar-refractivity contribution is 0.292. The molecule has 0 aliphatic rings. The van der Waals surface area contributed by atoms with Gasteiger partial charge in [0.25, 0.3) is 0 Å². The van der Waals surface area contributed by atoms with Gasteiger partial charge in [0.15, 0.2) is 0 Å². The van der Waals surface area contributed by atoms with Gasteiger partial charge < -0.3 is 10.4 Å². The zero-order valence-electron chi connectivity index (χ0n) is 8.40. The molecule has 0 amide bonds. The van der Waals surface area contributed by atoms with E-state index in [9.17, 15) is 0 Å². The van der Waals surface area contributed by atoms with Crippen molar-refractivity contribution in [3.63, 3.8) is 0 Å². The zero-order valence-corrected chi connectivity index (χ0v) is 8.40. The Labute approximate surface area is 85.0 Å². The standard InChI is InChI=1S/C9H13NO.C2H3N/c11-8-4-7-10-9-5-2-1-3-6-9;1-2-3/h1-3,5-6,10-11H,4,7-8H2;1H3. The van der Waals surface area contributed by atoms with Gasteiger partial charge in [-0.15, -0.1) is 0 Å². The molecule has 0 aliphatic heterocycles. The Kier molecular flexibility index (Phi) is 8.51. The summed E-state index contributed by atoms with van der Waals surface area (Å²) in [6, 6.07) is 11.7. The van der Waals surface area contributed by atoms with Gasteiger partial charge in [0.1, 0.15) is 0 Å². The third-order valence-electron chi connectivity index (χ3n) is 1.44. The van der Waals surface area contributed by atoms with Crippen LogP contribution in [0.2, 0.25) is 0 Å². The van der Waals surface area contributed by atoms with E-state index in [1.54, 1.807) is 6.07 Å². The molecule has 3 heteroatoms. The van der Waals surface area contributed by atoms with Crippen molar-refractivity contribution < 1.29 is 5.11 Å². The van der Waals surface area contributed by atoms with E-state index < -0.39 is 0 Å². The van der Waals surface area contributed by atoms with Crippen molar-refractivity contribution in [2.45, 2.75) is 13.3 Å². The fourth-order valence-corrected chi connectivity index (χ4v) is 0.868. The second-order valence-corrected chi connectivity index (χ2v) is 2.59. The number of nitrogens with zero attached hydrogens (tertiary/aromatic N) is 1. The molecule has 0 aliphatic carbocycles. The number of hydrogen-bond donors (Lipinski definition) is 2. The number of nitriles is 1. The largest absolute Gasteiger partial charge is 0.396 e. The van der Waals surface area contributed by atoms with Crippen molar-refractivity contribution in [1.82, 2.24) is 0 Å². The number of benzene rings is 1. The first-order valence-corrected chi connectivity index (χ1v) is 4.55. The third-order valence-corrected chi connectivity index (χ3v) is 1.44. The first kappa shape index (κ1) is 12.5. The summed E-state index contributed by atoms with van der Waals surface area (Å²) in [4.78, 5) is 0. The Morgan fingerprint density at radius 1 is 1.36 bits per heavy atom. The minimum atomic E-state index is 0.250. The summed E-state index contributed by atoms with van der Waals surface area (Å²) in [6.45, 7) is 2.51. The Bertz CT molecular complexity index is 254. The zero-order chi connectivity index (χ0) is 10.6. The Morgan fingerprint density at radius 3 is 2.43 bits per heavy atom. The Hall–Kier alpha value is -1.53. The van der Waals surface area contributed by atoms with Crippen LogP contribution in [0.25, 0.3) is 0 Å². The average Bonchev–Trinajstić information content (AvgIpc) is 2.21. The molecule has 0 aromatic heterocycles. The van der Waals surface area contributed by atoms with Crippen LogP contribution in [0.5, 0.6) is 0 Å². The summed E-state index contributed by atoms with van der Waals surface area (Å²) in [7, 11) is 0. The smallest absolute Gasteiger partial charge is 0.0587 e. The Morgan fingerprint density at radius 2 is 1.93 bits per heavy atom. The molecule has 0 saturated carbocycles. The summed E-state index contributed by atoms with van der Waals surface area (Å²) in [5, 5.41) is 19.0. The SMILES string of the molecule is CC#N.OCCCNc1ccccc1. The van der Waals surface area contributed by atoms with E-state index in [4.69, 9.17) is 10.4 Å². The molecule has 76 valence electrons. The highest BCUT2D eigenvalue weighted by Gasteiger charge is 1.86. The predicted molar refractivity (Wildman–Crippen MR) is 57.9 cm³/mol. The molecule has 2 N–H and O–H groups in total. The molecule has 0 saturated heterocycles. The number of rotatable bonds is 4. The van der Waals surface area contributed by atoms with Crippen molar-refractivity contribution in [1.29, 1.82) is 5.26 Å². The molecule has 1 aromatic rings. The molecule has 1 aromatic carbocycles. The highest BCUT2D eigenvalue weighted by Crippen LogP contribution is 2.03. The van der Waals surface area contributed by atoms with Crippen molar-refractivity contribution in [2.24, 2.45) is 0 Å². The van der Waals surface area contributed by atoms with Crippen molar-refractivity contribution >= 4 is 5.69 Å². The number of aliphatic hydroxyl groups excluding tert-OH is 1. The molecular weight excluding hydrogens is 176 g/mol. The van der Waals surface area contributed by atoms with Crippen molar-refractivity contribution in [2.75, 3.05) is 18.5 Å². The molecule has 0 fully saturated rings. The third kappa shape index (κ3) is 7.14. The van der Waals surface area contributed by atoms with Gasteiger partial charge in [0, 0.05) is 25.8 Å². The summed E-state index contributed by atoms with van der Waals surface area (Å²) in [6.07, 6.45) is 0.800. The van der Waals surface area contributed by atoms with Crippen molar-refractivity contribution in [3.05, 3.63) is 30.3 Å². The maximum atomic E-state index is 8.50. The second kappa shape index (κ2) is 9.56. The van der Waals surface area contributed by atoms with Crippen LogP contribution < -0.4 is 5.32 Å². The van der Waals surface area contributed by atoms with Gasteiger partial charge in [-0.2, -0.15) is 5.26 Å². The lowest BCUT2D eigenvalue weighted by atomic mass is 10.3. The van der Waals surface area contributed by atoms with Gasteiger partial charge in [0.2, 0.25) is 0 Å². The van der Waals surface area contributed by atoms with E-state index >= 15 is 0 Å². The fraction of sp³-hybridized carbons (Fsp3) is 0.364. The van der Waals surface area contributed by atoms with E-state index in [-0.39, 0.29) is 6.61 Å². The van der Waals surface area contributed by atoms with Gasteiger partial charge in [-0.25, -0.2) is 0 Å². The van der Waals surface area contributed by atoms with Gasteiger partial charge >= 0.3 is 0 Å². The molecule has 0 spiro atoms. The van der Waals surface area contributed by atoms with Crippen LogP contribution in [0.4, 0.5) is 5.69 Å². The van der Waals surface area contributed by atoms with E-state index in [1.165, 1.54) is 6.92 Å². The molecule has 0 atom stereocenters. The molecule has 0 radical (unpaired) electrons. The van der Waals surface area contributed by atoms with Crippen LogP contribution >= 0.6 is 0 Å². The average molecular weight is 192 g/mol. The molecule has 1 rings (SSSR count). The fourth-order valence-electron chi connectivity index (χ4n) is 0.868. The number of hydrogen-bond acceptors (Lipinski definition) is 3. The van der Waals surface area contributed by atoms with E-state index in [0.717, 1.165) is 18.7 Å². The van der Waals surface area contributed by atoms with Crippen LogP contribution in [0.3, 0.4) is 0 Å². The summed E-state index contributed by atoms with van der Waals surface area (Å²) in [5.74, 6) is 0. The molecule has 0 bridgehead atoms. The first-order valence-electron chi connectivity index (χ1n) is 4.55. The molecule has 14 heavy (non-hydrogen) atoms. The summed E-state index contributed by atoms with van der Waals surface area (Å²) in [5.41, 5.74) is 1.11. The van der Waals surface area contributed by atoms with Gasteiger partial charge in [-0.05, 0) is 18.6 Å². The monoisotopic (exact) mass is 192 g/mol. The first-order chi connectivity index (χ1) is 6.85. The van der Waals surface area contributed by atoms with E-state index in [2.05, 4.69) is 5.32 Å². The van der Waals surface area contributed by atoms with E-state index in [1.807, 2.05) is 30.3 Å². The van der Waals surface area contributed by atoms with Crippen LogP contribution in [0, 0.1) is 11.3 Å². The predicted octanol–water partition coefficient (Wildman–Crippen LogP) is 2.01. The lowest BCUT2D eigenvalue weighted by Crippen LogP contribution is -2.02. The number of anilines is 1. The Balaban J connectivity index is 0.000000500. The normalized spacial score (nSPS) is 8.07. The highest BCUT2D eigenvalue weighted by atomic mass is 16.3. The second-order valence-electron chi connectivity index (χ2n) is 2.59. The van der Waals surface area contributed by atoms with Gasteiger partial charge in [0.05, 0.1) is 6.07 Å². The van der Waals surface area contributed by atoms with Crippen LogP contribution in [-0.2, 0) is 0 Å². The summed E-state index contributed by atoms with van der Waals surface area (Å²) < 4.78 is 0. The number of para-hydroxylation sites is 1. The molecule has 0 heterocycles. The highest BCUT2D eigenvalue weighted by molar-refractivity contribution is 5.42. The number of aliphatic hydroxyl groups is 1. The van der Waals surface area contributed by atoms with Gasteiger partial charge in [-0.1, -0.05) is 18.2 Å². The van der Waals surface area contributed by atoms with Crippen molar-refractivity contribution in [3.8, 4) is 6.07 Å². The maximum Gasteiger partial charge on any atom is 0.0587 e. The quantitative estimate of drug-likeness (QED) is 0.717. The topological polar surface area (TPSA) is 56.0 Å². The maximum absolute atomic E-state index is 8.50. The van der Waals surface area contributed by atoms with Gasteiger partial charge in [-0.3, -0.25) is 0 Å². The van der Waals surface area contributed by atoms with Crippen LogP contribution in [0.15, 0.2) is 30.3 Å². The van der Waals surface area contributed by atoms with Crippen LogP contribution in [0.1, 0.15) is 13.3 Å². The minimum Gasteiger partial charge on any atom is -0.396 e. The van der Waals surface area contributed by atoms with E-state index in [0.29, 0.717) is 0 Å². The lowest BCUT2D eigenvalue weighted by Gasteiger charge is -2.03. The number of nitrogens with one attached hydrogen (secondary N) is 1. The molecule has 0 unspecified atom stereocenters. The molecular formula is C11H16N2O. The summed E-state index contributed by atoms with van der Waals surface area (Å²) >= 11 is 0. The minimum absolute atomic E-state index is 0.250.